The molecule has 60 valence electrons. The molecular formula is C9H13NO. The van der Waals surface area contributed by atoms with Crippen LogP contribution in [0.3, 0.4) is 0 Å². The van der Waals surface area contributed by atoms with Crippen molar-refractivity contribution in [2.75, 3.05) is 0 Å². The number of hydrogen-bond acceptors (Lipinski definition) is 1. The zero-order valence-corrected chi connectivity index (χ0v) is 6.71. The molecule has 2 nitrogen and oxygen atoms in total. The molecule has 2 rings (SSSR count). The second kappa shape index (κ2) is 1.87. The van der Waals surface area contributed by atoms with Crippen LogP contribution in [0.25, 0.3) is 0 Å². The molecule has 2 N–H and O–H groups in total. The fraction of sp³-hybridized carbons (Fsp3) is 0.667. The van der Waals surface area contributed by atoms with Gasteiger partial charge in [-0.1, -0.05) is 19.1 Å². The van der Waals surface area contributed by atoms with Gasteiger partial charge >= 0.3 is 0 Å². The van der Waals surface area contributed by atoms with Crippen molar-refractivity contribution in [1.29, 1.82) is 0 Å². The van der Waals surface area contributed by atoms with E-state index in [2.05, 4.69) is 12.2 Å². The van der Waals surface area contributed by atoms with Crippen molar-refractivity contribution in [2.45, 2.75) is 19.8 Å². The molecular weight excluding hydrogens is 138 g/mol. The van der Waals surface area contributed by atoms with E-state index in [1.807, 2.05) is 6.92 Å². The van der Waals surface area contributed by atoms with Crippen LogP contribution in [-0.4, -0.2) is 5.91 Å². The molecule has 0 radical (unpaired) electrons. The number of carbonyl (C=O) groups is 1. The molecule has 0 spiro atoms. The fourth-order valence-corrected chi connectivity index (χ4v) is 2.38. The summed E-state index contributed by atoms with van der Waals surface area (Å²) < 4.78 is 0. The van der Waals surface area contributed by atoms with Crippen LogP contribution < -0.4 is 5.73 Å². The molecule has 11 heavy (non-hydrogen) atoms. The molecule has 1 saturated carbocycles. The van der Waals surface area contributed by atoms with Gasteiger partial charge in [-0.05, 0) is 24.7 Å². The summed E-state index contributed by atoms with van der Waals surface area (Å²) in [4.78, 5) is 11.1. The molecule has 2 heteroatoms. The highest BCUT2D eigenvalue weighted by Crippen LogP contribution is 2.51. The van der Waals surface area contributed by atoms with Crippen LogP contribution in [0.15, 0.2) is 12.2 Å². The number of fused-ring (bicyclic) bond motifs is 2. The van der Waals surface area contributed by atoms with Crippen molar-refractivity contribution in [3.05, 3.63) is 12.2 Å². The largest absolute Gasteiger partial charge is 0.369 e. The number of nitrogens with two attached hydrogens (primary N) is 1. The molecule has 2 bridgehead atoms. The van der Waals surface area contributed by atoms with Gasteiger partial charge in [0.1, 0.15) is 0 Å². The molecule has 3 atom stereocenters. The topological polar surface area (TPSA) is 43.1 Å². The first-order chi connectivity index (χ1) is 5.13. The fourth-order valence-electron chi connectivity index (χ4n) is 2.38. The maximum absolute atomic E-state index is 11.1. The average Bonchev–Trinajstić information content (AvgIpc) is 2.45. The molecule has 0 aromatic rings. The molecule has 2 aliphatic rings. The Hall–Kier alpha value is -0.790. The van der Waals surface area contributed by atoms with Gasteiger partial charge in [-0.2, -0.15) is 0 Å². The van der Waals surface area contributed by atoms with E-state index in [0.29, 0.717) is 11.8 Å². The summed E-state index contributed by atoms with van der Waals surface area (Å²) >= 11 is 0. The van der Waals surface area contributed by atoms with Gasteiger partial charge in [-0.15, -0.1) is 0 Å². The number of hydrogen-bond donors (Lipinski definition) is 1. The number of carbonyl (C=O) groups excluding carboxylic acids is 1. The van der Waals surface area contributed by atoms with E-state index in [1.165, 1.54) is 0 Å². The lowest BCUT2D eigenvalue weighted by Gasteiger charge is -2.27. The van der Waals surface area contributed by atoms with E-state index in [1.54, 1.807) is 0 Å². The SMILES string of the molecule is C[C@@]1(C(N)=O)C[C@@H]2C=C[C@H]1C2. The van der Waals surface area contributed by atoms with Crippen LogP contribution >= 0.6 is 0 Å². The smallest absolute Gasteiger partial charge is 0.223 e. The molecule has 0 unspecified atom stereocenters. The van der Waals surface area contributed by atoms with Gasteiger partial charge in [0.25, 0.3) is 0 Å². The van der Waals surface area contributed by atoms with Crippen molar-refractivity contribution in [2.24, 2.45) is 23.0 Å². The molecule has 0 saturated heterocycles. The van der Waals surface area contributed by atoms with Crippen LogP contribution in [-0.2, 0) is 4.79 Å². The summed E-state index contributed by atoms with van der Waals surface area (Å²) in [7, 11) is 0. The highest BCUT2D eigenvalue weighted by molar-refractivity contribution is 5.81. The molecule has 0 aromatic heterocycles. The zero-order valence-electron chi connectivity index (χ0n) is 6.71. The minimum Gasteiger partial charge on any atom is -0.369 e. The monoisotopic (exact) mass is 151 g/mol. The Morgan fingerprint density at radius 2 is 2.36 bits per heavy atom. The van der Waals surface area contributed by atoms with E-state index < -0.39 is 0 Å². The lowest BCUT2D eigenvalue weighted by Crippen LogP contribution is -2.37. The summed E-state index contributed by atoms with van der Waals surface area (Å²) in [5.74, 6) is 0.914. The molecule has 1 amide bonds. The first kappa shape index (κ1) is 6.89. The second-order valence-electron chi connectivity index (χ2n) is 3.97. The zero-order chi connectivity index (χ0) is 8.06. The Kier molecular flexibility index (Phi) is 1.17. The van der Waals surface area contributed by atoms with Crippen LogP contribution in [0.2, 0.25) is 0 Å². The van der Waals surface area contributed by atoms with Crippen LogP contribution in [0.1, 0.15) is 19.8 Å². The Morgan fingerprint density at radius 1 is 1.64 bits per heavy atom. The highest BCUT2D eigenvalue weighted by Gasteiger charge is 2.48. The summed E-state index contributed by atoms with van der Waals surface area (Å²) in [5.41, 5.74) is 5.11. The number of primary amides is 1. The molecule has 0 aliphatic heterocycles. The predicted molar refractivity (Wildman–Crippen MR) is 42.7 cm³/mol. The molecule has 1 fully saturated rings. The third-order valence-corrected chi connectivity index (χ3v) is 3.24. The highest BCUT2D eigenvalue weighted by atomic mass is 16.1. The maximum atomic E-state index is 11.1. The van der Waals surface area contributed by atoms with Crippen LogP contribution in [0.4, 0.5) is 0 Å². The summed E-state index contributed by atoms with van der Waals surface area (Å²) in [6.45, 7) is 1.99. The normalized spacial score (nSPS) is 46.6. The maximum Gasteiger partial charge on any atom is 0.223 e. The van der Waals surface area contributed by atoms with Crippen LogP contribution in [0.5, 0.6) is 0 Å². The minimum absolute atomic E-state index is 0.130. The van der Waals surface area contributed by atoms with Gasteiger partial charge < -0.3 is 5.73 Å². The first-order valence-electron chi connectivity index (χ1n) is 4.11. The Labute approximate surface area is 66.5 Å². The van der Waals surface area contributed by atoms with Crippen molar-refractivity contribution >= 4 is 5.91 Å². The quantitative estimate of drug-likeness (QED) is 0.560. The van der Waals surface area contributed by atoms with Gasteiger partial charge in [0, 0.05) is 0 Å². The van der Waals surface area contributed by atoms with Gasteiger partial charge in [-0.3, -0.25) is 4.79 Å². The predicted octanol–water partition coefficient (Wildman–Crippen LogP) is 1.07. The van der Waals surface area contributed by atoms with Crippen molar-refractivity contribution in [3.8, 4) is 0 Å². The Morgan fingerprint density at radius 3 is 2.64 bits per heavy atom. The number of rotatable bonds is 1. The average molecular weight is 151 g/mol. The Bertz CT molecular complexity index is 234. The number of amides is 1. The minimum atomic E-state index is -0.237. The molecule has 2 aliphatic carbocycles. The van der Waals surface area contributed by atoms with E-state index >= 15 is 0 Å². The standard InChI is InChI=1S/C9H13NO/c1-9(8(10)11)5-6-2-3-7(9)4-6/h2-3,6-7H,4-5H2,1H3,(H2,10,11)/t6-,7+,9-/m1/s1. The second-order valence-corrected chi connectivity index (χ2v) is 3.97. The van der Waals surface area contributed by atoms with Crippen molar-refractivity contribution in [1.82, 2.24) is 0 Å². The lowest BCUT2D eigenvalue weighted by atomic mass is 9.77. The van der Waals surface area contributed by atoms with Gasteiger partial charge in [-0.25, -0.2) is 0 Å². The summed E-state index contributed by atoms with van der Waals surface area (Å²) in [6.07, 6.45) is 6.47. The van der Waals surface area contributed by atoms with Gasteiger partial charge in [0.05, 0.1) is 5.41 Å². The van der Waals surface area contributed by atoms with E-state index in [0.717, 1.165) is 12.8 Å². The van der Waals surface area contributed by atoms with Crippen molar-refractivity contribution < 1.29 is 4.79 Å². The van der Waals surface area contributed by atoms with Crippen molar-refractivity contribution in [3.63, 3.8) is 0 Å². The summed E-state index contributed by atoms with van der Waals surface area (Å²) in [6, 6.07) is 0. The Balaban J connectivity index is 2.30. The van der Waals surface area contributed by atoms with Crippen LogP contribution in [0, 0.1) is 17.3 Å². The number of allylic oxidation sites excluding steroid dienone is 2. The van der Waals surface area contributed by atoms with E-state index in [4.69, 9.17) is 5.73 Å². The third-order valence-electron chi connectivity index (χ3n) is 3.24. The van der Waals surface area contributed by atoms with E-state index in [-0.39, 0.29) is 11.3 Å². The van der Waals surface area contributed by atoms with Gasteiger partial charge in [0.2, 0.25) is 5.91 Å². The third kappa shape index (κ3) is 0.753. The summed E-state index contributed by atoms with van der Waals surface area (Å²) in [5, 5.41) is 0. The van der Waals surface area contributed by atoms with Gasteiger partial charge in [0.15, 0.2) is 0 Å². The molecule has 0 aromatic carbocycles. The molecule has 0 heterocycles. The first-order valence-corrected chi connectivity index (χ1v) is 4.11. The lowest BCUT2D eigenvalue weighted by molar-refractivity contribution is -0.128. The van der Waals surface area contributed by atoms with E-state index in [9.17, 15) is 4.79 Å².